The molecule has 21 heavy (non-hydrogen) atoms. The molecule has 1 saturated heterocycles. The molecule has 2 amide bonds. The smallest absolute Gasteiger partial charge is 0.317 e. The number of ether oxygens (including phenoxy) is 1. The van der Waals surface area contributed by atoms with E-state index < -0.39 is 0 Å². The zero-order valence-electron chi connectivity index (χ0n) is 13.0. The molecule has 0 bridgehead atoms. The maximum Gasteiger partial charge on any atom is 0.317 e. The standard InChI is InChI=1S/C15H24N4O2/c1-4-13-11-19(7-8-21-13)15(20)17-10-12-5-6-16-14(9-12)18(2)3/h5-6,9,13H,4,7-8,10-11H2,1-3H3,(H,17,20)/t13-/m0/s1. The first kappa shape index (κ1) is 15.6. The largest absolute Gasteiger partial charge is 0.375 e. The fourth-order valence-corrected chi connectivity index (χ4v) is 2.26. The number of amides is 2. The minimum atomic E-state index is -0.0278. The molecule has 0 saturated carbocycles. The van der Waals surface area contributed by atoms with Gasteiger partial charge in [-0.25, -0.2) is 9.78 Å². The molecule has 0 spiro atoms. The number of aromatic nitrogens is 1. The van der Waals surface area contributed by atoms with Crippen molar-refractivity contribution in [2.45, 2.75) is 26.0 Å². The number of hydrogen-bond acceptors (Lipinski definition) is 4. The zero-order chi connectivity index (χ0) is 15.2. The van der Waals surface area contributed by atoms with Crippen molar-refractivity contribution in [2.75, 3.05) is 38.7 Å². The Morgan fingerprint density at radius 2 is 2.38 bits per heavy atom. The normalized spacial score (nSPS) is 18.4. The highest BCUT2D eigenvalue weighted by molar-refractivity contribution is 5.74. The Morgan fingerprint density at radius 3 is 3.10 bits per heavy atom. The van der Waals surface area contributed by atoms with E-state index in [9.17, 15) is 4.79 Å². The first-order valence-electron chi connectivity index (χ1n) is 7.36. The summed E-state index contributed by atoms with van der Waals surface area (Å²) < 4.78 is 5.58. The van der Waals surface area contributed by atoms with Crippen LogP contribution in [-0.2, 0) is 11.3 Å². The summed E-state index contributed by atoms with van der Waals surface area (Å²) in [6, 6.07) is 3.87. The van der Waals surface area contributed by atoms with Gasteiger partial charge in [-0.3, -0.25) is 0 Å². The van der Waals surface area contributed by atoms with Crippen molar-refractivity contribution in [3.8, 4) is 0 Å². The van der Waals surface area contributed by atoms with E-state index in [1.165, 1.54) is 0 Å². The predicted octanol–water partition coefficient (Wildman–Crippen LogP) is 1.47. The topological polar surface area (TPSA) is 57.7 Å². The molecule has 6 nitrogen and oxygen atoms in total. The SMILES string of the molecule is CC[C@H]1CN(C(=O)NCc2ccnc(N(C)C)c2)CCO1. The third-order valence-corrected chi connectivity index (χ3v) is 3.59. The quantitative estimate of drug-likeness (QED) is 0.913. The summed E-state index contributed by atoms with van der Waals surface area (Å²) in [5.41, 5.74) is 1.04. The van der Waals surface area contributed by atoms with Crippen molar-refractivity contribution < 1.29 is 9.53 Å². The van der Waals surface area contributed by atoms with Gasteiger partial charge < -0.3 is 19.9 Å². The summed E-state index contributed by atoms with van der Waals surface area (Å²) in [5.74, 6) is 0.888. The summed E-state index contributed by atoms with van der Waals surface area (Å²) in [5, 5.41) is 2.96. The molecule has 1 N–H and O–H groups in total. The second kappa shape index (κ2) is 7.26. The van der Waals surface area contributed by atoms with Crippen LogP contribution in [0.4, 0.5) is 10.6 Å². The van der Waals surface area contributed by atoms with Crippen LogP contribution >= 0.6 is 0 Å². The van der Waals surface area contributed by atoms with Crippen LogP contribution in [0.2, 0.25) is 0 Å². The lowest BCUT2D eigenvalue weighted by Gasteiger charge is -2.32. The number of nitrogens with zero attached hydrogens (tertiary/aromatic N) is 3. The number of urea groups is 1. The van der Waals surface area contributed by atoms with Crippen LogP contribution < -0.4 is 10.2 Å². The van der Waals surface area contributed by atoms with Gasteiger partial charge in [0.25, 0.3) is 0 Å². The van der Waals surface area contributed by atoms with Crippen molar-refractivity contribution >= 4 is 11.8 Å². The summed E-state index contributed by atoms with van der Waals surface area (Å²) in [7, 11) is 3.90. The lowest BCUT2D eigenvalue weighted by molar-refractivity contribution is -0.0154. The highest BCUT2D eigenvalue weighted by Crippen LogP contribution is 2.11. The molecule has 0 radical (unpaired) electrons. The Hall–Kier alpha value is -1.82. The van der Waals surface area contributed by atoms with Gasteiger partial charge >= 0.3 is 6.03 Å². The van der Waals surface area contributed by atoms with Crippen LogP contribution in [0.15, 0.2) is 18.3 Å². The van der Waals surface area contributed by atoms with E-state index in [-0.39, 0.29) is 12.1 Å². The van der Waals surface area contributed by atoms with Crippen LogP contribution in [0, 0.1) is 0 Å². The highest BCUT2D eigenvalue weighted by atomic mass is 16.5. The van der Waals surface area contributed by atoms with Crippen LogP contribution in [0.25, 0.3) is 0 Å². The number of nitrogens with one attached hydrogen (secondary N) is 1. The second-order valence-corrected chi connectivity index (χ2v) is 5.42. The minimum absolute atomic E-state index is 0.0278. The Balaban J connectivity index is 1.87. The molecular weight excluding hydrogens is 268 g/mol. The number of carbonyl (C=O) groups excluding carboxylic acids is 1. The number of hydrogen-bond donors (Lipinski definition) is 1. The molecule has 6 heteroatoms. The average Bonchev–Trinajstić information content (AvgIpc) is 2.53. The fourth-order valence-electron chi connectivity index (χ4n) is 2.26. The van der Waals surface area contributed by atoms with E-state index in [4.69, 9.17) is 4.74 Å². The minimum Gasteiger partial charge on any atom is -0.375 e. The number of rotatable bonds is 4. The van der Waals surface area contributed by atoms with Gasteiger partial charge in [-0.2, -0.15) is 0 Å². The number of morpholine rings is 1. The highest BCUT2D eigenvalue weighted by Gasteiger charge is 2.22. The van der Waals surface area contributed by atoms with Crippen molar-refractivity contribution in [2.24, 2.45) is 0 Å². The van der Waals surface area contributed by atoms with Crippen LogP contribution in [0.5, 0.6) is 0 Å². The van der Waals surface area contributed by atoms with Crippen molar-refractivity contribution in [1.82, 2.24) is 15.2 Å². The Labute approximate surface area is 126 Å². The van der Waals surface area contributed by atoms with Gasteiger partial charge in [-0.1, -0.05) is 6.92 Å². The molecule has 0 aromatic carbocycles. The number of anilines is 1. The van der Waals surface area contributed by atoms with Gasteiger partial charge in [0.15, 0.2) is 0 Å². The molecule has 1 aromatic rings. The zero-order valence-corrected chi connectivity index (χ0v) is 13.0. The van der Waals surface area contributed by atoms with E-state index in [1.807, 2.05) is 36.0 Å². The second-order valence-electron chi connectivity index (χ2n) is 5.42. The Kier molecular flexibility index (Phi) is 5.38. The molecular formula is C15H24N4O2. The molecule has 1 fully saturated rings. The molecule has 116 valence electrons. The van der Waals surface area contributed by atoms with E-state index >= 15 is 0 Å². The molecule has 2 heterocycles. The summed E-state index contributed by atoms with van der Waals surface area (Å²) in [6.45, 7) is 4.53. The molecule has 0 aliphatic carbocycles. The lowest BCUT2D eigenvalue weighted by Crippen LogP contribution is -2.49. The van der Waals surface area contributed by atoms with Gasteiger partial charge in [0.2, 0.25) is 0 Å². The van der Waals surface area contributed by atoms with Crippen molar-refractivity contribution in [3.05, 3.63) is 23.9 Å². The van der Waals surface area contributed by atoms with E-state index in [2.05, 4.69) is 17.2 Å². The van der Waals surface area contributed by atoms with Crippen molar-refractivity contribution in [1.29, 1.82) is 0 Å². The van der Waals surface area contributed by atoms with Gasteiger partial charge in [0.1, 0.15) is 5.82 Å². The van der Waals surface area contributed by atoms with Crippen LogP contribution in [0.3, 0.4) is 0 Å². The molecule has 2 rings (SSSR count). The van der Waals surface area contributed by atoms with Crippen molar-refractivity contribution in [3.63, 3.8) is 0 Å². The lowest BCUT2D eigenvalue weighted by atomic mass is 10.2. The summed E-state index contributed by atoms with van der Waals surface area (Å²) in [4.78, 5) is 20.2. The van der Waals surface area contributed by atoms with Gasteiger partial charge in [-0.05, 0) is 24.1 Å². The van der Waals surface area contributed by atoms with Crippen LogP contribution in [0.1, 0.15) is 18.9 Å². The average molecular weight is 292 g/mol. The van der Waals surface area contributed by atoms with E-state index in [0.29, 0.717) is 26.2 Å². The maximum atomic E-state index is 12.2. The fraction of sp³-hybridized carbons (Fsp3) is 0.600. The number of carbonyl (C=O) groups is 1. The van der Waals surface area contributed by atoms with Gasteiger partial charge in [0.05, 0.1) is 12.7 Å². The first-order chi connectivity index (χ1) is 10.1. The predicted molar refractivity (Wildman–Crippen MR) is 82.4 cm³/mol. The van der Waals surface area contributed by atoms with Gasteiger partial charge in [-0.15, -0.1) is 0 Å². The Bertz CT molecular complexity index is 478. The van der Waals surface area contributed by atoms with E-state index in [1.54, 1.807) is 6.20 Å². The summed E-state index contributed by atoms with van der Waals surface area (Å²) >= 11 is 0. The molecule has 1 atom stereocenters. The monoisotopic (exact) mass is 292 g/mol. The Morgan fingerprint density at radius 1 is 1.57 bits per heavy atom. The first-order valence-corrected chi connectivity index (χ1v) is 7.36. The molecule has 1 aliphatic rings. The van der Waals surface area contributed by atoms with Crippen LogP contribution in [-0.4, -0.2) is 55.8 Å². The molecule has 1 aromatic heterocycles. The summed E-state index contributed by atoms with van der Waals surface area (Å²) in [6.07, 6.45) is 2.85. The third kappa shape index (κ3) is 4.32. The molecule has 1 aliphatic heterocycles. The van der Waals surface area contributed by atoms with E-state index in [0.717, 1.165) is 17.8 Å². The molecule has 0 unspecified atom stereocenters. The third-order valence-electron chi connectivity index (χ3n) is 3.59. The van der Waals surface area contributed by atoms with Gasteiger partial charge in [0, 0.05) is 39.9 Å². The maximum absolute atomic E-state index is 12.2. The number of pyridine rings is 1.